The van der Waals surface area contributed by atoms with E-state index in [1.54, 1.807) is 41.2 Å². The Hall–Kier alpha value is -3.91. The molecule has 0 aliphatic heterocycles. The molecule has 0 unspecified atom stereocenters. The third-order valence-electron chi connectivity index (χ3n) is 4.68. The Balaban J connectivity index is 1.51. The van der Waals surface area contributed by atoms with Gasteiger partial charge in [-0.1, -0.05) is 41.9 Å². The summed E-state index contributed by atoms with van der Waals surface area (Å²) in [6.45, 7) is -0.195. The molecule has 5 rings (SSSR count). The van der Waals surface area contributed by atoms with Crippen LogP contribution in [0.2, 0.25) is 5.02 Å². The van der Waals surface area contributed by atoms with Gasteiger partial charge in [0.2, 0.25) is 5.91 Å². The second-order valence-corrected chi connectivity index (χ2v) is 7.15. The molecule has 30 heavy (non-hydrogen) atoms. The van der Waals surface area contributed by atoms with Gasteiger partial charge in [-0.05, 0) is 30.3 Å². The lowest BCUT2D eigenvalue weighted by Gasteiger charge is -2.03. The van der Waals surface area contributed by atoms with Gasteiger partial charge in [-0.15, -0.1) is 5.10 Å². The van der Waals surface area contributed by atoms with Crippen LogP contribution < -0.4 is 11.0 Å². The van der Waals surface area contributed by atoms with Crippen molar-refractivity contribution in [1.82, 2.24) is 23.8 Å². The lowest BCUT2D eigenvalue weighted by atomic mass is 10.1. The summed E-state index contributed by atoms with van der Waals surface area (Å²) in [5.74, 6) is -0.335. The fourth-order valence-electron chi connectivity index (χ4n) is 3.26. The molecule has 9 heteroatoms. The van der Waals surface area contributed by atoms with Crippen LogP contribution in [0.25, 0.3) is 22.4 Å². The largest absolute Gasteiger partial charge is 0.350 e. The summed E-state index contributed by atoms with van der Waals surface area (Å²) in [5.41, 5.74) is 2.95. The van der Waals surface area contributed by atoms with Crippen molar-refractivity contribution < 1.29 is 4.79 Å². The monoisotopic (exact) mass is 418 g/mol. The van der Waals surface area contributed by atoms with E-state index >= 15 is 0 Å². The van der Waals surface area contributed by atoms with Crippen LogP contribution in [0.3, 0.4) is 0 Å². The summed E-state index contributed by atoms with van der Waals surface area (Å²) in [7, 11) is 0. The Bertz CT molecular complexity index is 1430. The molecule has 0 saturated carbocycles. The number of anilines is 1. The number of hydrogen-bond acceptors (Lipinski definition) is 4. The topological polar surface area (TPSA) is 85.7 Å². The molecule has 3 aromatic heterocycles. The molecule has 0 fully saturated rings. The molecule has 3 heterocycles. The smallest absolute Gasteiger partial charge is 0.324 e. The minimum Gasteiger partial charge on any atom is -0.324 e. The second kappa shape index (κ2) is 7.16. The zero-order valence-electron chi connectivity index (χ0n) is 15.6. The van der Waals surface area contributed by atoms with Crippen LogP contribution in [0.4, 0.5) is 5.69 Å². The summed E-state index contributed by atoms with van der Waals surface area (Å²) in [6.07, 6.45) is 3.27. The van der Waals surface area contributed by atoms with E-state index in [1.165, 1.54) is 4.40 Å². The molecule has 148 valence electrons. The average molecular weight is 419 g/mol. The number of amides is 1. The molecule has 0 aliphatic rings. The minimum atomic E-state index is -0.398. The number of benzene rings is 2. The number of hydrogen-bond donors (Lipinski definition) is 1. The van der Waals surface area contributed by atoms with Crippen LogP contribution in [0, 0.1) is 0 Å². The van der Waals surface area contributed by atoms with E-state index in [2.05, 4.69) is 15.5 Å². The summed E-state index contributed by atoms with van der Waals surface area (Å²) < 4.78 is 4.20. The van der Waals surface area contributed by atoms with E-state index in [4.69, 9.17) is 11.6 Å². The SMILES string of the molecule is O=C(Cn1nc2c3cc(-c4ccc(Cl)cc4)nn3ccn2c1=O)Nc1ccccc1. The van der Waals surface area contributed by atoms with Gasteiger partial charge in [-0.3, -0.25) is 4.79 Å². The fraction of sp³-hybridized carbons (Fsp3) is 0.0476. The van der Waals surface area contributed by atoms with Crippen molar-refractivity contribution in [2.75, 3.05) is 5.32 Å². The fourth-order valence-corrected chi connectivity index (χ4v) is 3.38. The molecule has 0 saturated heterocycles. The number of nitrogens with zero attached hydrogens (tertiary/aromatic N) is 5. The van der Waals surface area contributed by atoms with Crippen LogP contribution in [0.1, 0.15) is 0 Å². The predicted octanol–water partition coefficient (Wildman–Crippen LogP) is 3.10. The summed E-state index contributed by atoms with van der Waals surface area (Å²) >= 11 is 5.96. The highest BCUT2D eigenvalue weighted by atomic mass is 35.5. The molecule has 0 atom stereocenters. The molecule has 1 amide bonds. The Morgan fingerprint density at radius 2 is 1.77 bits per heavy atom. The van der Waals surface area contributed by atoms with E-state index in [1.807, 2.05) is 36.4 Å². The first-order valence-corrected chi connectivity index (χ1v) is 9.55. The van der Waals surface area contributed by atoms with Crippen LogP contribution in [-0.2, 0) is 11.3 Å². The first-order valence-electron chi connectivity index (χ1n) is 9.17. The van der Waals surface area contributed by atoms with Gasteiger partial charge < -0.3 is 5.32 Å². The van der Waals surface area contributed by atoms with Crippen LogP contribution >= 0.6 is 11.6 Å². The van der Waals surface area contributed by atoms with Gasteiger partial charge in [0.15, 0.2) is 5.65 Å². The molecule has 5 aromatic rings. The molecule has 1 N–H and O–H groups in total. The van der Waals surface area contributed by atoms with Crippen LogP contribution in [0.15, 0.2) is 77.9 Å². The van der Waals surface area contributed by atoms with Gasteiger partial charge in [0, 0.05) is 28.7 Å². The van der Waals surface area contributed by atoms with Gasteiger partial charge in [0.05, 0.1) is 5.69 Å². The van der Waals surface area contributed by atoms with Crippen molar-refractivity contribution in [3.05, 3.63) is 88.6 Å². The van der Waals surface area contributed by atoms with Crippen molar-refractivity contribution in [3.63, 3.8) is 0 Å². The van der Waals surface area contributed by atoms with Gasteiger partial charge >= 0.3 is 5.69 Å². The molecular weight excluding hydrogens is 404 g/mol. The van der Waals surface area contributed by atoms with Crippen molar-refractivity contribution >= 4 is 34.4 Å². The van der Waals surface area contributed by atoms with Gasteiger partial charge in [-0.25, -0.2) is 18.4 Å². The third-order valence-corrected chi connectivity index (χ3v) is 4.94. The maximum atomic E-state index is 12.7. The standard InChI is InChI=1S/C21H15ClN6O2/c22-15-8-6-14(7-9-15)17-12-18-20-25-28(21(30)26(20)10-11-27(18)24-17)13-19(29)23-16-4-2-1-3-5-16/h1-12H,13H2,(H,23,29). The van der Waals surface area contributed by atoms with Gasteiger partial charge in [0.1, 0.15) is 12.1 Å². The highest BCUT2D eigenvalue weighted by molar-refractivity contribution is 6.30. The maximum absolute atomic E-state index is 12.7. The number of rotatable bonds is 4. The predicted molar refractivity (Wildman–Crippen MR) is 114 cm³/mol. The molecule has 0 bridgehead atoms. The number of halogens is 1. The zero-order chi connectivity index (χ0) is 20.7. The lowest BCUT2D eigenvalue weighted by molar-refractivity contribution is -0.117. The molecule has 0 spiro atoms. The Kier molecular flexibility index (Phi) is 4.33. The average Bonchev–Trinajstić information content (AvgIpc) is 3.31. The Morgan fingerprint density at radius 3 is 2.53 bits per heavy atom. The first-order chi connectivity index (χ1) is 14.6. The van der Waals surface area contributed by atoms with E-state index in [9.17, 15) is 9.59 Å². The molecule has 0 radical (unpaired) electrons. The van der Waals surface area contributed by atoms with Crippen molar-refractivity contribution in [2.24, 2.45) is 0 Å². The number of para-hydroxylation sites is 1. The first kappa shape index (κ1) is 18.1. The zero-order valence-corrected chi connectivity index (χ0v) is 16.3. The third kappa shape index (κ3) is 3.23. The lowest BCUT2D eigenvalue weighted by Crippen LogP contribution is -2.28. The number of aromatic nitrogens is 5. The van der Waals surface area contributed by atoms with Crippen molar-refractivity contribution in [1.29, 1.82) is 0 Å². The highest BCUT2D eigenvalue weighted by Crippen LogP contribution is 2.23. The number of nitrogens with one attached hydrogen (secondary N) is 1. The Labute approximate surface area is 174 Å². The van der Waals surface area contributed by atoms with E-state index in [-0.39, 0.29) is 12.5 Å². The molecule has 0 aliphatic carbocycles. The van der Waals surface area contributed by atoms with E-state index < -0.39 is 5.69 Å². The summed E-state index contributed by atoms with van der Waals surface area (Å²) in [5, 5.41) is 12.3. The normalized spacial score (nSPS) is 11.2. The van der Waals surface area contributed by atoms with Gasteiger partial charge in [0.25, 0.3) is 0 Å². The van der Waals surface area contributed by atoms with Crippen molar-refractivity contribution in [3.8, 4) is 11.3 Å². The van der Waals surface area contributed by atoms with E-state index in [0.717, 1.165) is 15.9 Å². The summed E-state index contributed by atoms with van der Waals surface area (Å²) in [6, 6.07) is 18.2. The second-order valence-electron chi connectivity index (χ2n) is 6.71. The van der Waals surface area contributed by atoms with Crippen molar-refractivity contribution in [2.45, 2.75) is 6.54 Å². The maximum Gasteiger partial charge on any atom is 0.350 e. The summed E-state index contributed by atoms with van der Waals surface area (Å²) in [4.78, 5) is 25.1. The van der Waals surface area contributed by atoms with Crippen LogP contribution in [0.5, 0.6) is 0 Å². The van der Waals surface area contributed by atoms with Crippen LogP contribution in [-0.4, -0.2) is 29.7 Å². The highest BCUT2D eigenvalue weighted by Gasteiger charge is 2.15. The number of fused-ring (bicyclic) bond motifs is 3. The quantitative estimate of drug-likeness (QED) is 0.486. The molecular formula is C21H15ClN6O2. The van der Waals surface area contributed by atoms with Gasteiger partial charge in [-0.2, -0.15) is 5.10 Å². The number of carbonyl (C=O) groups excluding carboxylic acids is 1. The molecule has 2 aromatic carbocycles. The molecule has 8 nitrogen and oxygen atoms in total. The number of carbonyl (C=O) groups is 1. The van der Waals surface area contributed by atoms with E-state index in [0.29, 0.717) is 21.9 Å². The minimum absolute atomic E-state index is 0.195. The Morgan fingerprint density at radius 1 is 1.00 bits per heavy atom.